The number of nitrogens with zero attached hydrogens (tertiary/aromatic N) is 2. The molecule has 2 rings (SSSR count). The highest BCUT2D eigenvalue weighted by Crippen LogP contribution is 2.05. The van der Waals surface area contributed by atoms with Gasteiger partial charge >= 0.3 is 0 Å². The zero-order chi connectivity index (χ0) is 8.23. The van der Waals surface area contributed by atoms with Crippen LogP contribution in [0.4, 0.5) is 0 Å². The van der Waals surface area contributed by atoms with E-state index in [-0.39, 0.29) is 0 Å². The summed E-state index contributed by atoms with van der Waals surface area (Å²) in [4.78, 5) is 7.04. The third-order valence-electron chi connectivity index (χ3n) is 1.40. The number of aromatic nitrogens is 3. The SMILES string of the molecule is C(=C\c1ncc[nH]1)/c1cnsc1. The summed E-state index contributed by atoms with van der Waals surface area (Å²) in [6.07, 6.45) is 9.24. The Morgan fingerprint density at radius 1 is 1.42 bits per heavy atom. The highest BCUT2D eigenvalue weighted by molar-refractivity contribution is 7.03. The van der Waals surface area contributed by atoms with Crippen LogP contribution in [0.25, 0.3) is 12.2 Å². The van der Waals surface area contributed by atoms with Gasteiger partial charge in [0.2, 0.25) is 0 Å². The van der Waals surface area contributed by atoms with Crippen LogP contribution in [-0.2, 0) is 0 Å². The Kier molecular flexibility index (Phi) is 2.00. The van der Waals surface area contributed by atoms with Gasteiger partial charge in [-0.2, -0.15) is 0 Å². The molecule has 0 radical (unpaired) electrons. The summed E-state index contributed by atoms with van der Waals surface area (Å²) < 4.78 is 3.98. The zero-order valence-corrected chi connectivity index (χ0v) is 7.08. The minimum Gasteiger partial charge on any atom is -0.345 e. The van der Waals surface area contributed by atoms with Crippen LogP contribution < -0.4 is 0 Å². The van der Waals surface area contributed by atoms with Gasteiger partial charge in [0.15, 0.2) is 0 Å². The lowest BCUT2D eigenvalue weighted by Gasteiger charge is -1.81. The van der Waals surface area contributed by atoms with Crippen molar-refractivity contribution < 1.29 is 0 Å². The van der Waals surface area contributed by atoms with E-state index < -0.39 is 0 Å². The molecule has 0 unspecified atom stereocenters. The van der Waals surface area contributed by atoms with Crippen molar-refractivity contribution in [2.24, 2.45) is 0 Å². The first-order valence-electron chi connectivity index (χ1n) is 3.52. The topological polar surface area (TPSA) is 41.6 Å². The van der Waals surface area contributed by atoms with Crippen molar-refractivity contribution in [1.29, 1.82) is 0 Å². The van der Waals surface area contributed by atoms with Crippen LogP contribution in [0.1, 0.15) is 11.4 Å². The van der Waals surface area contributed by atoms with Crippen LogP contribution >= 0.6 is 11.5 Å². The maximum absolute atomic E-state index is 4.06. The predicted octanol–water partition coefficient (Wildman–Crippen LogP) is 2.04. The summed E-state index contributed by atoms with van der Waals surface area (Å²) in [5.41, 5.74) is 1.11. The van der Waals surface area contributed by atoms with Gasteiger partial charge in [-0.25, -0.2) is 9.36 Å². The number of imidazole rings is 1. The van der Waals surface area contributed by atoms with Crippen molar-refractivity contribution in [3.8, 4) is 0 Å². The molecule has 0 aliphatic heterocycles. The number of nitrogens with one attached hydrogen (secondary N) is 1. The summed E-state index contributed by atoms with van der Waals surface area (Å²) >= 11 is 1.44. The molecule has 3 nitrogen and oxygen atoms in total. The lowest BCUT2D eigenvalue weighted by molar-refractivity contribution is 1.27. The maximum Gasteiger partial charge on any atom is 0.129 e. The number of H-pyrrole nitrogens is 1. The Hall–Kier alpha value is -1.42. The van der Waals surface area contributed by atoms with Gasteiger partial charge < -0.3 is 4.98 Å². The molecule has 1 N–H and O–H groups in total. The normalized spacial score (nSPS) is 11.0. The van der Waals surface area contributed by atoms with Crippen molar-refractivity contribution in [3.05, 3.63) is 35.4 Å². The van der Waals surface area contributed by atoms with Crippen molar-refractivity contribution in [3.63, 3.8) is 0 Å². The minimum absolute atomic E-state index is 0.862. The smallest absolute Gasteiger partial charge is 0.129 e. The second kappa shape index (κ2) is 3.32. The average Bonchev–Trinajstić information content (AvgIpc) is 2.74. The highest BCUT2D eigenvalue weighted by Gasteiger charge is 1.88. The van der Waals surface area contributed by atoms with Crippen molar-refractivity contribution in [2.45, 2.75) is 0 Å². The fourth-order valence-electron chi connectivity index (χ4n) is 0.839. The molecule has 0 aromatic carbocycles. The zero-order valence-electron chi connectivity index (χ0n) is 6.27. The van der Waals surface area contributed by atoms with Gasteiger partial charge in [0.1, 0.15) is 5.82 Å². The predicted molar refractivity (Wildman–Crippen MR) is 49.6 cm³/mol. The molecule has 0 amide bonds. The first-order valence-corrected chi connectivity index (χ1v) is 4.35. The largest absolute Gasteiger partial charge is 0.345 e. The Morgan fingerprint density at radius 2 is 2.42 bits per heavy atom. The number of hydrogen-bond donors (Lipinski definition) is 1. The van der Waals surface area contributed by atoms with E-state index in [0.29, 0.717) is 0 Å². The lowest BCUT2D eigenvalue weighted by Crippen LogP contribution is -1.71. The Balaban J connectivity index is 2.14. The van der Waals surface area contributed by atoms with E-state index in [2.05, 4.69) is 14.3 Å². The molecule has 0 atom stereocenters. The molecule has 0 aliphatic rings. The molecule has 0 saturated heterocycles. The third-order valence-corrected chi connectivity index (χ3v) is 2.01. The molecule has 2 heterocycles. The number of rotatable bonds is 2. The standard InChI is InChI=1S/C8H7N3S/c1(7-5-11-12-6-7)2-8-9-3-4-10-8/h1-6H,(H,9,10)/b2-1+. The molecule has 60 valence electrons. The summed E-state index contributed by atoms with van der Waals surface area (Å²) in [7, 11) is 0. The Labute approximate surface area is 74.0 Å². The van der Waals surface area contributed by atoms with Crippen LogP contribution in [0.3, 0.4) is 0 Å². The quantitative estimate of drug-likeness (QED) is 0.762. The molecule has 2 aromatic rings. The van der Waals surface area contributed by atoms with Crippen molar-refractivity contribution >= 4 is 23.7 Å². The van der Waals surface area contributed by atoms with Crippen LogP contribution in [0.5, 0.6) is 0 Å². The molecular weight excluding hydrogens is 170 g/mol. The molecule has 0 bridgehead atoms. The maximum atomic E-state index is 4.06. The van der Waals surface area contributed by atoms with E-state index in [0.717, 1.165) is 11.4 Å². The fraction of sp³-hybridized carbons (Fsp3) is 0. The third kappa shape index (κ3) is 1.60. The van der Waals surface area contributed by atoms with E-state index in [1.165, 1.54) is 11.5 Å². The summed E-state index contributed by atoms with van der Waals surface area (Å²) in [6, 6.07) is 0. The van der Waals surface area contributed by atoms with Gasteiger partial charge in [0.25, 0.3) is 0 Å². The first kappa shape index (κ1) is 7.24. The molecule has 2 aromatic heterocycles. The van der Waals surface area contributed by atoms with Gasteiger partial charge in [-0.05, 0) is 23.7 Å². The summed E-state index contributed by atoms with van der Waals surface area (Å²) in [5, 5.41) is 1.99. The van der Waals surface area contributed by atoms with Crippen molar-refractivity contribution in [1.82, 2.24) is 14.3 Å². The number of aromatic amines is 1. The molecule has 12 heavy (non-hydrogen) atoms. The van der Waals surface area contributed by atoms with Crippen LogP contribution in [-0.4, -0.2) is 14.3 Å². The van der Waals surface area contributed by atoms with E-state index in [4.69, 9.17) is 0 Å². The minimum atomic E-state index is 0.862. The lowest BCUT2D eigenvalue weighted by atomic mass is 10.3. The highest BCUT2D eigenvalue weighted by atomic mass is 32.1. The van der Waals surface area contributed by atoms with Crippen LogP contribution in [0.2, 0.25) is 0 Å². The second-order valence-electron chi connectivity index (χ2n) is 2.27. The second-order valence-corrected chi connectivity index (χ2v) is 2.92. The molecule has 0 spiro atoms. The van der Waals surface area contributed by atoms with E-state index in [9.17, 15) is 0 Å². The van der Waals surface area contributed by atoms with Gasteiger partial charge in [0.05, 0.1) is 0 Å². The van der Waals surface area contributed by atoms with E-state index in [1.54, 1.807) is 12.4 Å². The molecule has 4 heteroatoms. The Morgan fingerprint density at radius 3 is 3.08 bits per heavy atom. The summed E-state index contributed by atoms with van der Waals surface area (Å²) in [5.74, 6) is 0.862. The molecular formula is C8H7N3S. The molecule has 0 aliphatic carbocycles. The average molecular weight is 177 g/mol. The van der Waals surface area contributed by atoms with Gasteiger partial charge in [-0.3, -0.25) is 0 Å². The molecule has 0 fully saturated rings. The van der Waals surface area contributed by atoms with E-state index in [1.807, 2.05) is 23.7 Å². The van der Waals surface area contributed by atoms with Crippen LogP contribution in [0.15, 0.2) is 24.0 Å². The van der Waals surface area contributed by atoms with E-state index >= 15 is 0 Å². The van der Waals surface area contributed by atoms with Gasteiger partial charge in [0, 0.05) is 29.5 Å². The monoisotopic (exact) mass is 177 g/mol. The summed E-state index contributed by atoms with van der Waals surface area (Å²) in [6.45, 7) is 0. The fourth-order valence-corrected chi connectivity index (χ4v) is 1.34. The van der Waals surface area contributed by atoms with Gasteiger partial charge in [-0.1, -0.05) is 0 Å². The number of hydrogen-bond acceptors (Lipinski definition) is 3. The van der Waals surface area contributed by atoms with Crippen LogP contribution in [0, 0.1) is 0 Å². The Bertz CT molecular complexity index is 311. The first-order chi connectivity index (χ1) is 5.95. The molecule has 0 saturated carbocycles. The van der Waals surface area contributed by atoms with Crippen molar-refractivity contribution in [2.75, 3.05) is 0 Å². The van der Waals surface area contributed by atoms with Gasteiger partial charge in [-0.15, -0.1) is 0 Å².